The molecule has 2 atom stereocenters. The van der Waals surface area contributed by atoms with E-state index in [-0.39, 0.29) is 12.0 Å². The number of aromatic nitrogens is 4. The zero-order valence-corrected chi connectivity index (χ0v) is 16.2. The summed E-state index contributed by atoms with van der Waals surface area (Å²) in [6, 6.07) is 6.20. The van der Waals surface area contributed by atoms with Gasteiger partial charge in [-0.15, -0.1) is 0 Å². The van der Waals surface area contributed by atoms with Gasteiger partial charge in [0.1, 0.15) is 12.0 Å². The van der Waals surface area contributed by atoms with E-state index in [2.05, 4.69) is 55.1 Å². The number of hydrogen-bond donors (Lipinski definition) is 0. The Hall–Kier alpha value is -2.67. The van der Waals surface area contributed by atoms with Crippen LogP contribution in [0.15, 0.2) is 34.2 Å². The van der Waals surface area contributed by atoms with E-state index in [9.17, 15) is 0 Å². The summed E-state index contributed by atoms with van der Waals surface area (Å²) in [4.78, 5) is 9.27. The fraction of sp³-hybridized carbons (Fsp3) is 0.400. The zero-order valence-electron chi connectivity index (χ0n) is 15.4. The van der Waals surface area contributed by atoms with Crippen LogP contribution >= 0.6 is 11.6 Å². The molecule has 0 spiro atoms. The van der Waals surface area contributed by atoms with Crippen LogP contribution in [0.5, 0.6) is 0 Å². The maximum absolute atomic E-state index is 6.36. The van der Waals surface area contributed by atoms with E-state index in [1.807, 2.05) is 12.4 Å². The molecule has 0 radical (unpaired) electrons. The van der Waals surface area contributed by atoms with Crippen molar-refractivity contribution >= 4 is 17.8 Å². The number of hydrazone groups is 1. The molecule has 3 aliphatic rings. The van der Waals surface area contributed by atoms with Crippen molar-refractivity contribution in [3.05, 3.63) is 46.6 Å². The van der Waals surface area contributed by atoms with E-state index < -0.39 is 0 Å². The molecular weight excluding hydrogens is 376 g/mol. The predicted molar refractivity (Wildman–Crippen MR) is 105 cm³/mol. The van der Waals surface area contributed by atoms with Gasteiger partial charge in [-0.3, -0.25) is 5.01 Å². The smallest absolute Gasteiger partial charge is 0.278 e. The molecule has 4 heterocycles. The maximum Gasteiger partial charge on any atom is 0.278 e. The van der Waals surface area contributed by atoms with Gasteiger partial charge in [-0.25, -0.2) is 4.98 Å². The van der Waals surface area contributed by atoms with Crippen LogP contribution in [0.4, 0.5) is 0 Å². The number of halogens is 1. The average molecular weight is 395 g/mol. The Labute approximate surface area is 167 Å². The summed E-state index contributed by atoms with van der Waals surface area (Å²) >= 11 is 6.36. The van der Waals surface area contributed by atoms with Crippen LogP contribution in [0.25, 0.3) is 17.3 Å². The summed E-state index contributed by atoms with van der Waals surface area (Å²) in [5.41, 5.74) is 4.09. The van der Waals surface area contributed by atoms with Gasteiger partial charge in [-0.2, -0.15) is 10.1 Å². The van der Waals surface area contributed by atoms with Crippen molar-refractivity contribution in [2.45, 2.75) is 38.1 Å². The first-order valence-corrected chi connectivity index (χ1v) is 10.1. The third-order valence-corrected chi connectivity index (χ3v) is 6.14. The average Bonchev–Trinajstić information content (AvgIpc) is 3.14. The standard InChI is InChI=1S/C20H19ClN6O/c1-2-27-18-12(9-23-27)7-16-17(20-24-19(25-28-20)11-3-4-11)22-10-26(16)15-6-5-13(21)8-14(15)18/h5-6,8-12,18H,2-4,7H2,1H3. The maximum atomic E-state index is 6.36. The van der Waals surface area contributed by atoms with E-state index in [0.29, 0.717) is 11.8 Å². The van der Waals surface area contributed by atoms with Crippen LogP contribution in [-0.4, -0.2) is 37.5 Å². The molecule has 0 N–H and O–H groups in total. The van der Waals surface area contributed by atoms with Crippen LogP contribution in [0, 0.1) is 5.92 Å². The summed E-state index contributed by atoms with van der Waals surface area (Å²) in [5.74, 6) is 1.99. The minimum atomic E-state index is 0.163. The summed E-state index contributed by atoms with van der Waals surface area (Å²) in [6.45, 7) is 2.97. The molecule has 1 aliphatic carbocycles. The fourth-order valence-electron chi connectivity index (χ4n) is 4.38. The third kappa shape index (κ3) is 2.35. The van der Waals surface area contributed by atoms with E-state index in [0.717, 1.165) is 53.7 Å². The number of nitrogens with zero attached hydrogens (tertiary/aromatic N) is 6. The molecule has 28 heavy (non-hydrogen) atoms. The van der Waals surface area contributed by atoms with E-state index in [1.165, 1.54) is 5.56 Å². The van der Waals surface area contributed by atoms with Crippen LogP contribution in [0.3, 0.4) is 0 Å². The minimum Gasteiger partial charge on any atom is -0.332 e. The van der Waals surface area contributed by atoms with E-state index in [4.69, 9.17) is 16.1 Å². The van der Waals surface area contributed by atoms with E-state index in [1.54, 1.807) is 0 Å². The zero-order chi connectivity index (χ0) is 18.8. The molecule has 2 unspecified atom stereocenters. The topological polar surface area (TPSA) is 72.3 Å². The second-order valence-electron chi connectivity index (χ2n) is 7.68. The Balaban J connectivity index is 1.51. The largest absolute Gasteiger partial charge is 0.332 e. The Morgan fingerprint density at radius 1 is 1.29 bits per heavy atom. The van der Waals surface area contributed by atoms with Gasteiger partial charge in [0.05, 0.1) is 17.4 Å². The lowest BCUT2D eigenvalue weighted by atomic mass is 9.91. The Bertz CT molecular complexity index is 1100. The molecule has 1 saturated carbocycles. The molecule has 142 valence electrons. The lowest BCUT2D eigenvalue weighted by Crippen LogP contribution is -2.25. The Morgan fingerprint density at radius 3 is 3.00 bits per heavy atom. The Kier molecular flexibility index (Phi) is 3.44. The Morgan fingerprint density at radius 2 is 2.18 bits per heavy atom. The summed E-state index contributed by atoms with van der Waals surface area (Å²) in [5, 5.41) is 11.7. The monoisotopic (exact) mass is 394 g/mol. The fourth-order valence-corrected chi connectivity index (χ4v) is 4.56. The van der Waals surface area contributed by atoms with Crippen molar-refractivity contribution in [1.82, 2.24) is 24.7 Å². The number of hydrogen-bond acceptors (Lipinski definition) is 6. The SMILES string of the molecule is CCN1N=CC2Cc3c(-c4nc(C5CC5)no4)ncn3-c3ccc(Cl)cc3C21. The van der Waals surface area contributed by atoms with Crippen LogP contribution in [0.1, 0.15) is 48.8 Å². The predicted octanol–water partition coefficient (Wildman–Crippen LogP) is 3.99. The van der Waals surface area contributed by atoms with Gasteiger partial charge in [0.15, 0.2) is 5.82 Å². The summed E-state index contributed by atoms with van der Waals surface area (Å²) in [7, 11) is 0. The van der Waals surface area contributed by atoms with Gasteiger partial charge in [0.2, 0.25) is 0 Å². The molecule has 1 aromatic carbocycles. The van der Waals surface area contributed by atoms with Crippen LogP contribution < -0.4 is 0 Å². The van der Waals surface area contributed by atoms with Crippen molar-refractivity contribution in [2.75, 3.05) is 6.54 Å². The molecule has 1 fully saturated rings. The molecule has 2 aromatic heterocycles. The van der Waals surface area contributed by atoms with Gasteiger partial charge < -0.3 is 9.09 Å². The van der Waals surface area contributed by atoms with Crippen LogP contribution in [0.2, 0.25) is 5.02 Å². The summed E-state index contributed by atoms with van der Waals surface area (Å²) < 4.78 is 7.72. The first kappa shape index (κ1) is 16.3. The molecule has 6 rings (SSSR count). The molecule has 0 amide bonds. The molecule has 8 heteroatoms. The number of fused-ring (bicyclic) bond motifs is 5. The molecular formula is C20H19ClN6O. The highest BCUT2D eigenvalue weighted by Gasteiger charge is 2.38. The van der Waals surface area contributed by atoms with Gasteiger partial charge >= 0.3 is 0 Å². The molecule has 0 saturated heterocycles. The quantitative estimate of drug-likeness (QED) is 0.671. The summed E-state index contributed by atoms with van der Waals surface area (Å²) in [6.07, 6.45) is 6.98. The lowest BCUT2D eigenvalue weighted by molar-refractivity contribution is 0.214. The third-order valence-electron chi connectivity index (χ3n) is 5.91. The van der Waals surface area contributed by atoms with Gasteiger partial charge in [-0.1, -0.05) is 16.8 Å². The van der Waals surface area contributed by atoms with Crippen molar-refractivity contribution in [3.8, 4) is 17.3 Å². The molecule has 0 bridgehead atoms. The van der Waals surface area contributed by atoms with Gasteiger partial charge in [0, 0.05) is 41.6 Å². The van der Waals surface area contributed by atoms with Crippen LogP contribution in [-0.2, 0) is 6.42 Å². The minimum absolute atomic E-state index is 0.163. The van der Waals surface area contributed by atoms with Crippen molar-refractivity contribution < 1.29 is 4.52 Å². The second-order valence-corrected chi connectivity index (χ2v) is 8.11. The normalized spacial score (nSPS) is 22.7. The second kappa shape index (κ2) is 5.91. The number of imidazole rings is 1. The first-order chi connectivity index (χ1) is 13.7. The van der Waals surface area contributed by atoms with Crippen molar-refractivity contribution in [3.63, 3.8) is 0 Å². The molecule has 7 nitrogen and oxygen atoms in total. The highest BCUT2D eigenvalue weighted by molar-refractivity contribution is 6.30. The molecule has 2 aliphatic heterocycles. The van der Waals surface area contributed by atoms with Gasteiger partial charge in [0.25, 0.3) is 5.89 Å². The highest BCUT2D eigenvalue weighted by Crippen LogP contribution is 2.44. The number of rotatable bonds is 3. The molecule has 3 aromatic rings. The van der Waals surface area contributed by atoms with Crippen molar-refractivity contribution in [1.29, 1.82) is 0 Å². The van der Waals surface area contributed by atoms with Crippen molar-refractivity contribution in [2.24, 2.45) is 11.0 Å². The number of benzene rings is 1. The van der Waals surface area contributed by atoms with Gasteiger partial charge in [-0.05, 0) is 38.0 Å². The van der Waals surface area contributed by atoms with E-state index >= 15 is 0 Å². The lowest BCUT2D eigenvalue weighted by Gasteiger charge is -2.27. The highest BCUT2D eigenvalue weighted by atomic mass is 35.5. The first-order valence-electron chi connectivity index (χ1n) is 9.73.